The maximum Gasteiger partial charge on any atom is 0.491 e. The molecule has 0 saturated carbocycles. The molecule has 10 heteroatoms. The number of nitrogens with one attached hydrogen (secondary N) is 2. The lowest BCUT2D eigenvalue weighted by Gasteiger charge is -2.15. The molecule has 0 bridgehead atoms. The van der Waals surface area contributed by atoms with Crippen molar-refractivity contribution in [2.75, 3.05) is 10.0 Å². The highest BCUT2D eigenvalue weighted by atomic mass is 32.2. The molecular weight excluding hydrogens is 393 g/mol. The minimum atomic E-state index is -3.96. The van der Waals surface area contributed by atoms with Crippen LogP contribution in [0.25, 0.3) is 0 Å². The minimum Gasteiger partial charge on any atom is -0.508 e. The molecule has 0 atom stereocenters. The van der Waals surface area contributed by atoms with E-state index >= 15 is 0 Å². The van der Waals surface area contributed by atoms with Crippen LogP contribution in [-0.2, 0) is 27.8 Å². The SMILES string of the molecule is O=S(=O)(Nc1ccc2c(c1)B(O)OC2)c1ccc(O)cc1NCc1cccnc1. The number of hydrogen-bond acceptors (Lipinski definition) is 7. The summed E-state index contributed by atoms with van der Waals surface area (Å²) in [5.74, 6) is -0.0598. The lowest BCUT2D eigenvalue weighted by molar-refractivity contribution is 0.275. The van der Waals surface area contributed by atoms with Gasteiger partial charge >= 0.3 is 7.12 Å². The molecular formula is C19H18BN3O5S. The fourth-order valence-electron chi connectivity index (χ4n) is 3.08. The fraction of sp³-hybridized carbons (Fsp3) is 0.105. The molecule has 4 N–H and O–H groups in total. The van der Waals surface area contributed by atoms with Gasteiger partial charge in [0.25, 0.3) is 10.0 Å². The zero-order valence-electron chi connectivity index (χ0n) is 15.2. The van der Waals surface area contributed by atoms with Gasteiger partial charge in [0.1, 0.15) is 10.6 Å². The fourth-order valence-corrected chi connectivity index (χ4v) is 4.29. The third kappa shape index (κ3) is 4.19. The van der Waals surface area contributed by atoms with Crippen LogP contribution in [-0.4, -0.2) is 30.7 Å². The van der Waals surface area contributed by atoms with E-state index in [1.807, 2.05) is 6.07 Å². The minimum absolute atomic E-state index is 0.0171. The first-order valence-electron chi connectivity index (χ1n) is 8.83. The van der Waals surface area contributed by atoms with Crippen LogP contribution in [0.2, 0.25) is 0 Å². The highest BCUT2D eigenvalue weighted by Gasteiger charge is 2.28. The molecule has 29 heavy (non-hydrogen) atoms. The van der Waals surface area contributed by atoms with Gasteiger partial charge in [0.05, 0.1) is 12.3 Å². The molecule has 0 saturated heterocycles. The van der Waals surface area contributed by atoms with Crippen LogP contribution in [0.15, 0.2) is 65.8 Å². The van der Waals surface area contributed by atoms with E-state index in [-0.39, 0.29) is 22.9 Å². The van der Waals surface area contributed by atoms with Gasteiger partial charge in [-0.3, -0.25) is 9.71 Å². The highest BCUT2D eigenvalue weighted by Crippen LogP contribution is 2.28. The van der Waals surface area contributed by atoms with E-state index in [9.17, 15) is 18.5 Å². The zero-order valence-corrected chi connectivity index (χ0v) is 16.1. The van der Waals surface area contributed by atoms with Crippen LogP contribution >= 0.6 is 0 Å². The summed E-state index contributed by atoms with van der Waals surface area (Å²) in [5, 5.41) is 22.7. The molecule has 1 aromatic heterocycles. The lowest BCUT2D eigenvalue weighted by Crippen LogP contribution is -2.28. The number of rotatable bonds is 6. The second kappa shape index (κ2) is 7.74. The van der Waals surface area contributed by atoms with E-state index in [1.54, 1.807) is 36.7 Å². The van der Waals surface area contributed by atoms with Crippen LogP contribution in [0.1, 0.15) is 11.1 Å². The molecule has 0 fully saturated rings. The molecule has 4 rings (SSSR count). The van der Waals surface area contributed by atoms with E-state index in [0.717, 1.165) is 11.1 Å². The Hall–Kier alpha value is -3.08. The Morgan fingerprint density at radius 1 is 1.17 bits per heavy atom. The van der Waals surface area contributed by atoms with Crippen molar-refractivity contribution in [2.24, 2.45) is 0 Å². The van der Waals surface area contributed by atoms with E-state index in [2.05, 4.69) is 15.0 Å². The summed E-state index contributed by atoms with van der Waals surface area (Å²) in [4.78, 5) is 4.01. The number of nitrogens with zero attached hydrogens (tertiary/aromatic N) is 1. The third-order valence-electron chi connectivity index (χ3n) is 4.52. The second-order valence-electron chi connectivity index (χ2n) is 6.58. The quantitative estimate of drug-likeness (QED) is 0.453. The van der Waals surface area contributed by atoms with Gasteiger partial charge in [-0.15, -0.1) is 0 Å². The number of hydrogen-bond donors (Lipinski definition) is 4. The van der Waals surface area contributed by atoms with Crippen molar-refractivity contribution in [3.05, 3.63) is 72.1 Å². The van der Waals surface area contributed by atoms with Crippen LogP contribution in [0.4, 0.5) is 11.4 Å². The van der Waals surface area contributed by atoms with Crippen LogP contribution < -0.4 is 15.5 Å². The van der Waals surface area contributed by atoms with Gasteiger partial charge in [-0.25, -0.2) is 8.42 Å². The van der Waals surface area contributed by atoms with Crippen molar-refractivity contribution >= 4 is 34.0 Å². The lowest BCUT2D eigenvalue weighted by atomic mass is 9.79. The van der Waals surface area contributed by atoms with Gasteiger partial charge in [0.15, 0.2) is 0 Å². The van der Waals surface area contributed by atoms with E-state index < -0.39 is 17.1 Å². The van der Waals surface area contributed by atoms with Crippen molar-refractivity contribution in [3.8, 4) is 5.75 Å². The number of anilines is 2. The molecule has 2 heterocycles. The number of phenols is 1. The molecule has 8 nitrogen and oxygen atoms in total. The molecule has 148 valence electrons. The van der Waals surface area contributed by atoms with Gasteiger partial charge in [0.2, 0.25) is 0 Å². The summed E-state index contributed by atoms with van der Waals surface area (Å²) in [6, 6.07) is 12.5. The number of fused-ring (bicyclic) bond motifs is 1. The molecule has 1 aliphatic rings. The van der Waals surface area contributed by atoms with Crippen molar-refractivity contribution in [1.29, 1.82) is 0 Å². The summed E-state index contributed by atoms with van der Waals surface area (Å²) >= 11 is 0. The predicted molar refractivity (Wildman–Crippen MR) is 109 cm³/mol. The molecule has 0 aliphatic carbocycles. The first-order valence-corrected chi connectivity index (χ1v) is 10.3. The van der Waals surface area contributed by atoms with E-state index in [1.165, 1.54) is 18.2 Å². The van der Waals surface area contributed by atoms with Gasteiger partial charge in [-0.05, 0) is 46.9 Å². The highest BCUT2D eigenvalue weighted by molar-refractivity contribution is 7.92. The van der Waals surface area contributed by atoms with Crippen molar-refractivity contribution in [2.45, 2.75) is 18.0 Å². The Bertz CT molecular complexity index is 1140. The summed E-state index contributed by atoms with van der Waals surface area (Å²) in [7, 11) is -5.03. The molecule has 1 aliphatic heterocycles. The van der Waals surface area contributed by atoms with E-state index in [0.29, 0.717) is 17.7 Å². The first-order chi connectivity index (χ1) is 13.9. The second-order valence-corrected chi connectivity index (χ2v) is 8.23. The molecule has 0 spiro atoms. The molecule has 0 unspecified atom stereocenters. The monoisotopic (exact) mass is 411 g/mol. The number of pyridine rings is 1. The van der Waals surface area contributed by atoms with Crippen LogP contribution in [0, 0.1) is 0 Å². The van der Waals surface area contributed by atoms with Crippen molar-refractivity contribution in [1.82, 2.24) is 4.98 Å². The largest absolute Gasteiger partial charge is 0.508 e. The Labute approximate surface area is 168 Å². The predicted octanol–water partition coefficient (Wildman–Crippen LogP) is 1.42. The van der Waals surface area contributed by atoms with Crippen molar-refractivity contribution in [3.63, 3.8) is 0 Å². The van der Waals surface area contributed by atoms with Crippen LogP contribution in [0.3, 0.4) is 0 Å². The summed E-state index contributed by atoms with van der Waals surface area (Å²) in [6.45, 7) is 0.617. The molecule has 0 amide bonds. The molecule has 0 radical (unpaired) electrons. The number of aromatic hydroxyl groups is 1. The number of sulfonamides is 1. The van der Waals surface area contributed by atoms with Gasteiger partial charge in [-0.1, -0.05) is 12.1 Å². The average molecular weight is 411 g/mol. The maximum atomic E-state index is 13.0. The smallest absolute Gasteiger partial charge is 0.491 e. The molecule has 2 aromatic carbocycles. The van der Waals surface area contributed by atoms with E-state index in [4.69, 9.17) is 4.65 Å². The Morgan fingerprint density at radius 2 is 2.03 bits per heavy atom. The molecule has 3 aromatic rings. The first kappa shape index (κ1) is 19.3. The standard InChI is InChI=1S/C19H18BN3O5S/c24-16-5-6-19(18(9-16)22-11-13-2-1-7-21-10-13)29(26,27)23-15-4-3-14-12-28-20(25)17(14)8-15/h1-10,22-25H,11-12H2. The average Bonchev–Trinajstić information content (AvgIpc) is 3.07. The maximum absolute atomic E-state index is 13.0. The zero-order chi connectivity index (χ0) is 20.4. The van der Waals surface area contributed by atoms with Crippen LogP contribution in [0.5, 0.6) is 5.75 Å². The number of aromatic nitrogens is 1. The normalized spacial score (nSPS) is 13.2. The van der Waals surface area contributed by atoms with Gasteiger partial charge in [0, 0.05) is 30.7 Å². The topological polar surface area (TPSA) is 121 Å². The van der Waals surface area contributed by atoms with Gasteiger partial charge < -0.3 is 20.1 Å². The third-order valence-corrected chi connectivity index (χ3v) is 5.96. The number of phenolic OH excluding ortho intramolecular Hbond substituents is 1. The Balaban J connectivity index is 1.60. The Morgan fingerprint density at radius 3 is 2.83 bits per heavy atom. The van der Waals surface area contributed by atoms with Gasteiger partial charge in [-0.2, -0.15) is 0 Å². The Kier molecular flexibility index (Phi) is 5.14. The summed E-state index contributed by atoms with van der Waals surface area (Å²) in [5.41, 5.74) is 2.76. The van der Waals surface area contributed by atoms with Crippen molar-refractivity contribution < 1.29 is 23.2 Å². The summed E-state index contributed by atoms with van der Waals surface area (Å²) in [6.07, 6.45) is 3.32. The number of benzene rings is 2. The summed E-state index contributed by atoms with van der Waals surface area (Å²) < 4.78 is 33.6.